The van der Waals surface area contributed by atoms with Crippen molar-refractivity contribution in [2.45, 2.75) is 31.0 Å². The maximum atomic E-state index is 15.7. The van der Waals surface area contributed by atoms with Crippen molar-refractivity contribution in [3.05, 3.63) is 33.9 Å². The minimum absolute atomic E-state index is 0.0148. The molecule has 28 heavy (non-hydrogen) atoms. The number of halogens is 1. The summed E-state index contributed by atoms with van der Waals surface area (Å²) in [5, 5.41) is 15.8. The van der Waals surface area contributed by atoms with Crippen LogP contribution in [0, 0.1) is 5.82 Å². The summed E-state index contributed by atoms with van der Waals surface area (Å²) in [6.07, 6.45) is 2.88. The molecule has 0 spiro atoms. The van der Waals surface area contributed by atoms with Gasteiger partial charge in [0.25, 0.3) is 0 Å². The van der Waals surface area contributed by atoms with E-state index in [0.29, 0.717) is 18.8 Å². The normalized spacial score (nSPS) is 22.2. The second kappa shape index (κ2) is 6.75. The van der Waals surface area contributed by atoms with E-state index in [1.807, 2.05) is 19.0 Å². The van der Waals surface area contributed by atoms with Crippen molar-refractivity contribution in [3.8, 4) is 0 Å². The fraction of sp³-hybridized carbons (Fsp3) is 0.474. The van der Waals surface area contributed by atoms with Crippen molar-refractivity contribution < 1.29 is 14.3 Å². The minimum atomic E-state index is -1.33. The standard InChI is InChI=1S/C19H24FN5O3/c1-22-12-7-24(8-13(12)23-2)14-5-11(21)15-17(16(14)20)25(9-3-4-9)6-10(18(15)26)19(27)28/h5-6,9,12-13,22-23H,3-4,7-8,21H2,1-2H3,(H,27,28)/t12-,13-/m1/s1. The molecule has 8 nitrogen and oxygen atoms in total. The van der Waals surface area contributed by atoms with Gasteiger partial charge < -0.3 is 30.9 Å². The molecule has 9 heteroatoms. The van der Waals surface area contributed by atoms with Crippen LogP contribution in [0.2, 0.25) is 0 Å². The third-order valence-corrected chi connectivity index (χ3v) is 5.82. The number of anilines is 2. The number of aromatic carboxylic acids is 1. The molecular weight excluding hydrogens is 365 g/mol. The molecule has 0 amide bonds. The smallest absolute Gasteiger partial charge is 0.341 e. The lowest BCUT2D eigenvalue weighted by molar-refractivity contribution is 0.0695. The third kappa shape index (κ3) is 2.82. The summed E-state index contributed by atoms with van der Waals surface area (Å²) < 4.78 is 17.3. The highest BCUT2D eigenvalue weighted by atomic mass is 19.1. The van der Waals surface area contributed by atoms with E-state index >= 15 is 4.39 Å². The second-order valence-corrected chi connectivity index (χ2v) is 7.53. The van der Waals surface area contributed by atoms with Crippen LogP contribution in [0.4, 0.5) is 15.8 Å². The predicted molar refractivity (Wildman–Crippen MR) is 106 cm³/mol. The molecule has 5 N–H and O–H groups in total. The summed E-state index contributed by atoms with van der Waals surface area (Å²) >= 11 is 0. The Balaban J connectivity index is 1.94. The SMILES string of the molecule is CN[C@@H]1CN(c2cc(N)c3c(=O)c(C(=O)O)cn(C4CC4)c3c2F)C[C@H]1NC. The summed E-state index contributed by atoms with van der Waals surface area (Å²) in [5.41, 5.74) is 5.56. The maximum absolute atomic E-state index is 15.7. The van der Waals surface area contributed by atoms with Gasteiger partial charge in [-0.05, 0) is 33.0 Å². The van der Waals surface area contributed by atoms with E-state index < -0.39 is 17.2 Å². The molecule has 2 atom stereocenters. The first-order valence-electron chi connectivity index (χ1n) is 9.37. The molecule has 2 heterocycles. The number of pyridine rings is 1. The van der Waals surface area contributed by atoms with E-state index in [2.05, 4.69) is 10.6 Å². The van der Waals surface area contributed by atoms with E-state index in [-0.39, 0.29) is 40.3 Å². The molecule has 1 saturated carbocycles. The third-order valence-electron chi connectivity index (χ3n) is 5.82. The van der Waals surface area contributed by atoms with Crippen molar-refractivity contribution in [2.75, 3.05) is 37.8 Å². The number of hydrogen-bond donors (Lipinski definition) is 4. The van der Waals surface area contributed by atoms with Crippen LogP contribution < -0.4 is 26.7 Å². The maximum Gasteiger partial charge on any atom is 0.341 e. The number of likely N-dealkylation sites (N-methyl/N-ethyl adjacent to an activating group) is 2. The number of fused-ring (bicyclic) bond motifs is 1. The minimum Gasteiger partial charge on any atom is -0.477 e. The zero-order valence-corrected chi connectivity index (χ0v) is 15.8. The van der Waals surface area contributed by atoms with Crippen molar-refractivity contribution in [3.63, 3.8) is 0 Å². The van der Waals surface area contributed by atoms with E-state index in [1.165, 1.54) is 12.3 Å². The van der Waals surface area contributed by atoms with Crippen LogP contribution in [0.3, 0.4) is 0 Å². The molecule has 1 aliphatic heterocycles. The van der Waals surface area contributed by atoms with Crippen molar-refractivity contribution in [1.82, 2.24) is 15.2 Å². The molecule has 0 bridgehead atoms. The van der Waals surface area contributed by atoms with E-state index in [0.717, 1.165) is 12.8 Å². The van der Waals surface area contributed by atoms with Crippen LogP contribution in [0.1, 0.15) is 29.2 Å². The number of benzene rings is 1. The summed E-state index contributed by atoms with van der Waals surface area (Å²) in [5.74, 6) is -1.87. The van der Waals surface area contributed by atoms with E-state index in [9.17, 15) is 14.7 Å². The zero-order chi connectivity index (χ0) is 20.2. The molecule has 2 fully saturated rings. The van der Waals surface area contributed by atoms with Gasteiger partial charge in [0.2, 0.25) is 5.43 Å². The van der Waals surface area contributed by atoms with Gasteiger partial charge in [0.15, 0.2) is 5.82 Å². The Morgan fingerprint density at radius 2 is 1.86 bits per heavy atom. The molecule has 0 unspecified atom stereocenters. The Morgan fingerprint density at radius 1 is 1.25 bits per heavy atom. The molecule has 1 aliphatic carbocycles. The van der Waals surface area contributed by atoms with Crippen LogP contribution in [-0.2, 0) is 0 Å². The molecular formula is C19H24FN5O3. The number of carboxylic acids is 1. The van der Waals surface area contributed by atoms with Gasteiger partial charge in [0.1, 0.15) is 5.56 Å². The van der Waals surface area contributed by atoms with E-state index in [1.54, 1.807) is 4.57 Å². The molecule has 150 valence electrons. The summed E-state index contributed by atoms with van der Waals surface area (Å²) in [6, 6.07) is 1.72. The number of carbonyl (C=O) groups is 1. The Hall–Kier alpha value is -2.65. The second-order valence-electron chi connectivity index (χ2n) is 7.53. The van der Waals surface area contributed by atoms with Gasteiger partial charge in [-0.1, -0.05) is 0 Å². The summed E-state index contributed by atoms with van der Waals surface area (Å²) in [4.78, 5) is 26.1. The van der Waals surface area contributed by atoms with Gasteiger partial charge in [-0.15, -0.1) is 0 Å². The summed E-state index contributed by atoms with van der Waals surface area (Å²) in [6.45, 7) is 1.18. The molecule has 0 radical (unpaired) electrons. The largest absolute Gasteiger partial charge is 0.477 e. The number of nitrogens with two attached hydrogens (primary N) is 1. The number of nitrogen functional groups attached to an aromatic ring is 1. The van der Waals surface area contributed by atoms with Crippen LogP contribution in [0.25, 0.3) is 10.9 Å². The van der Waals surface area contributed by atoms with Gasteiger partial charge in [-0.3, -0.25) is 4.79 Å². The lowest BCUT2D eigenvalue weighted by Crippen LogP contribution is -2.43. The van der Waals surface area contributed by atoms with Gasteiger partial charge in [0.05, 0.1) is 16.6 Å². The monoisotopic (exact) mass is 389 g/mol. The number of nitrogens with zero attached hydrogens (tertiary/aromatic N) is 2. The number of aromatic nitrogens is 1. The molecule has 1 aromatic heterocycles. The van der Waals surface area contributed by atoms with Crippen molar-refractivity contribution in [1.29, 1.82) is 0 Å². The number of carboxylic acid groups (broad SMARTS) is 1. The average molecular weight is 389 g/mol. The molecule has 1 saturated heterocycles. The first-order chi connectivity index (χ1) is 13.4. The van der Waals surface area contributed by atoms with Crippen LogP contribution in [-0.4, -0.2) is 54.9 Å². The van der Waals surface area contributed by atoms with E-state index in [4.69, 9.17) is 5.73 Å². The Bertz CT molecular complexity index is 1010. The molecule has 2 aliphatic rings. The Labute approximate surface area is 161 Å². The number of rotatable bonds is 5. The highest BCUT2D eigenvalue weighted by Crippen LogP contribution is 2.40. The van der Waals surface area contributed by atoms with Gasteiger partial charge in [-0.2, -0.15) is 0 Å². The van der Waals surface area contributed by atoms with Crippen LogP contribution in [0.5, 0.6) is 0 Å². The Kier molecular flexibility index (Phi) is 4.51. The molecule has 4 rings (SSSR count). The zero-order valence-electron chi connectivity index (χ0n) is 15.8. The van der Waals surface area contributed by atoms with Gasteiger partial charge in [-0.25, -0.2) is 9.18 Å². The van der Waals surface area contributed by atoms with Crippen LogP contribution in [0.15, 0.2) is 17.1 Å². The quantitative estimate of drug-likeness (QED) is 0.558. The first kappa shape index (κ1) is 18.7. The van der Waals surface area contributed by atoms with Crippen molar-refractivity contribution in [2.24, 2.45) is 0 Å². The van der Waals surface area contributed by atoms with Gasteiger partial charge >= 0.3 is 5.97 Å². The van der Waals surface area contributed by atoms with Crippen LogP contribution >= 0.6 is 0 Å². The highest BCUT2D eigenvalue weighted by Gasteiger charge is 2.34. The fourth-order valence-corrected chi connectivity index (χ4v) is 4.14. The fourth-order valence-electron chi connectivity index (χ4n) is 4.14. The number of nitrogens with one attached hydrogen (secondary N) is 2. The topological polar surface area (TPSA) is 113 Å². The molecule has 2 aromatic rings. The molecule has 1 aromatic carbocycles. The number of hydrogen-bond acceptors (Lipinski definition) is 6. The van der Waals surface area contributed by atoms with Crippen molar-refractivity contribution >= 4 is 28.2 Å². The highest BCUT2D eigenvalue weighted by molar-refractivity contribution is 5.99. The average Bonchev–Trinajstić information content (AvgIpc) is 3.42. The van der Waals surface area contributed by atoms with Gasteiger partial charge in [0, 0.05) is 43.1 Å². The summed E-state index contributed by atoms with van der Waals surface area (Å²) in [7, 11) is 3.73. The lowest BCUT2D eigenvalue weighted by atomic mass is 10.1. The Morgan fingerprint density at radius 3 is 2.36 bits per heavy atom. The lowest BCUT2D eigenvalue weighted by Gasteiger charge is -2.22. The first-order valence-corrected chi connectivity index (χ1v) is 9.37. The predicted octanol–water partition coefficient (Wildman–Crippen LogP) is 0.752.